The zero-order valence-electron chi connectivity index (χ0n) is 5.79. The highest BCUT2D eigenvalue weighted by molar-refractivity contribution is 5.06. The molecule has 2 heteroatoms. The average Bonchev–Trinajstić information content (AvgIpc) is 2.03. The van der Waals surface area contributed by atoms with E-state index in [1.807, 2.05) is 12.1 Å². The lowest BCUT2D eigenvalue weighted by molar-refractivity contribution is 0.147. The first-order valence-electron chi connectivity index (χ1n) is 3.19. The van der Waals surface area contributed by atoms with Crippen molar-refractivity contribution in [1.82, 2.24) is 4.98 Å². The molecular weight excluding hydrogens is 126 g/mol. The van der Waals surface area contributed by atoms with Crippen LogP contribution in [0.2, 0.25) is 0 Å². The Labute approximate surface area is 60.9 Å². The third kappa shape index (κ3) is 2.15. The molecule has 0 atom stereocenters. The van der Waals surface area contributed by atoms with E-state index >= 15 is 0 Å². The van der Waals surface area contributed by atoms with Crippen molar-refractivity contribution in [2.45, 2.75) is 6.61 Å². The van der Waals surface area contributed by atoms with Crippen LogP contribution in [0.1, 0.15) is 5.56 Å². The molecule has 0 spiro atoms. The zero-order valence-corrected chi connectivity index (χ0v) is 5.79. The molecule has 0 fully saturated rings. The smallest absolute Gasteiger partial charge is 0.0731 e. The Morgan fingerprint density at radius 3 is 3.10 bits per heavy atom. The minimum Gasteiger partial charge on any atom is -0.377 e. The Bertz CT molecular complexity index is 174. The Balaban J connectivity index is 2.43. The Hall–Kier alpha value is -0.890. The predicted octanol–water partition coefficient (Wildman–Crippen LogP) is 1.43. The molecule has 0 N–H and O–H groups in total. The van der Waals surface area contributed by atoms with Crippen LogP contribution >= 0.6 is 0 Å². The minimum atomic E-state index is 0.509. The van der Waals surface area contributed by atoms with Crippen molar-refractivity contribution in [3.8, 4) is 0 Å². The van der Waals surface area contributed by atoms with E-state index in [0.29, 0.717) is 13.2 Å². The van der Waals surface area contributed by atoms with Crippen LogP contribution in [0.25, 0.3) is 0 Å². The zero-order chi connectivity index (χ0) is 7.23. The molecule has 0 aliphatic carbocycles. The SMILES string of the molecule is [CH2]COCc1cccnc1. The van der Waals surface area contributed by atoms with Crippen molar-refractivity contribution in [2.24, 2.45) is 0 Å². The summed E-state index contributed by atoms with van der Waals surface area (Å²) in [5, 5.41) is 0. The quantitative estimate of drug-likeness (QED) is 0.627. The fourth-order valence-corrected chi connectivity index (χ4v) is 0.674. The monoisotopic (exact) mass is 136 g/mol. The lowest BCUT2D eigenvalue weighted by Crippen LogP contribution is -1.91. The first-order chi connectivity index (χ1) is 4.93. The van der Waals surface area contributed by atoms with Gasteiger partial charge < -0.3 is 4.74 Å². The van der Waals surface area contributed by atoms with Crippen molar-refractivity contribution >= 4 is 0 Å². The van der Waals surface area contributed by atoms with Gasteiger partial charge in [0.2, 0.25) is 0 Å². The summed E-state index contributed by atoms with van der Waals surface area (Å²) < 4.78 is 5.07. The number of rotatable bonds is 3. The van der Waals surface area contributed by atoms with Gasteiger partial charge in [0.05, 0.1) is 6.61 Å². The maximum Gasteiger partial charge on any atom is 0.0731 e. The molecule has 2 nitrogen and oxygen atoms in total. The van der Waals surface area contributed by atoms with E-state index in [1.54, 1.807) is 12.4 Å². The van der Waals surface area contributed by atoms with Crippen molar-refractivity contribution in [2.75, 3.05) is 6.61 Å². The van der Waals surface area contributed by atoms with Crippen molar-refractivity contribution in [1.29, 1.82) is 0 Å². The fourth-order valence-electron chi connectivity index (χ4n) is 0.674. The van der Waals surface area contributed by atoms with Gasteiger partial charge in [-0.3, -0.25) is 4.98 Å². The highest BCUT2D eigenvalue weighted by atomic mass is 16.5. The Morgan fingerprint density at radius 2 is 2.50 bits per heavy atom. The predicted molar refractivity (Wildman–Crippen MR) is 39.3 cm³/mol. The molecule has 1 radical (unpaired) electrons. The van der Waals surface area contributed by atoms with E-state index in [1.165, 1.54) is 0 Å². The summed E-state index contributed by atoms with van der Waals surface area (Å²) in [6.45, 7) is 4.68. The first-order valence-corrected chi connectivity index (χ1v) is 3.19. The van der Waals surface area contributed by atoms with E-state index in [9.17, 15) is 0 Å². The van der Waals surface area contributed by atoms with Crippen molar-refractivity contribution < 1.29 is 4.74 Å². The molecule has 10 heavy (non-hydrogen) atoms. The molecule has 1 heterocycles. The van der Waals surface area contributed by atoms with Crippen LogP contribution in [0.4, 0.5) is 0 Å². The molecule has 53 valence electrons. The second kappa shape index (κ2) is 4.01. The van der Waals surface area contributed by atoms with Gasteiger partial charge in [-0.15, -0.1) is 0 Å². The van der Waals surface area contributed by atoms with Gasteiger partial charge in [-0.05, 0) is 18.6 Å². The van der Waals surface area contributed by atoms with Crippen LogP contribution < -0.4 is 0 Å². The molecular formula is C8H10NO. The van der Waals surface area contributed by atoms with Crippen LogP contribution in [0.15, 0.2) is 24.5 Å². The van der Waals surface area contributed by atoms with Gasteiger partial charge in [0.1, 0.15) is 0 Å². The maximum atomic E-state index is 5.07. The molecule has 0 unspecified atom stereocenters. The number of ether oxygens (including phenoxy) is 1. The summed E-state index contributed by atoms with van der Waals surface area (Å²) in [5.41, 5.74) is 1.09. The van der Waals surface area contributed by atoms with Crippen molar-refractivity contribution in [3.63, 3.8) is 0 Å². The van der Waals surface area contributed by atoms with Crippen LogP contribution in [0.3, 0.4) is 0 Å². The highest BCUT2D eigenvalue weighted by Gasteiger charge is 1.87. The van der Waals surface area contributed by atoms with E-state index in [4.69, 9.17) is 4.74 Å². The topological polar surface area (TPSA) is 22.1 Å². The lowest BCUT2D eigenvalue weighted by atomic mass is 10.3. The largest absolute Gasteiger partial charge is 0.377 e. The fraction of sp³-hybridized carbons (Fsp3) is 0.250. The van der Waals surface area contributed by atoms with E-state index in [-0.39, 0.29) is 0 Å². The van der Waals surface area contributed by atoms with Gasteiger partial charge in [0.15, 0.2) is 0 Å². The second-order valence-corrected chi connectivity index (χ2v) is 1.91. The summed E-state index contributed by atoms with van der Waals surface area (Å²) in [5.74, 6) is 0. The average molecular weight is 136 g/mol. The normalized spacial score (nSPS) is 9.70. The molecule has 0 amide bonds. The summed E-state index contributed by atoms with van der Waals surface area (Å²) in [7, 11) is 0. The summed E-state index contributed by atoms with van der Waals surface area (Å²) in [4.78, 5) is 3.94. The van der Waals surface area contributed by atoms with Crippen LogP contribution in [0, 0.1) is 6.92 Å². The minimum absolute atomic E-state index is 0.509. The van der Waals surface area contributed by atoms with E-state index < -0.39 is 0 Å². The number of pyridine rings is 1. The molecule has 0 aliphatic heterocycles. The van der Waals surface area contributed by atoms with E-state index in [2.05, 4.69) is 11.9 Å². The van der Waals surface area contributed by atoms with Crippen molar-refractivity contribution in [3.05, 3.63) is 37.0 Å². The summed E-state index contributed by atoms with van der Waals surface area (Å²) in [6, 6.07) is 3.87. The van der Waals surface area contributed by atoms with E-state index in [0.717, 1.165) is 5.56 Å². The molecule has 0 aromatic carbocycles. The van der Waals surface area contributed by atoms with Gasteiger partial charge in [-0.25, -0.2) is 0 Å². The van der Waals surface area contributed by atoms with Gasteiger partial charge >= 0.3 is 0 Å². The number of hydrogen-bond donors (Lipinski definition) is 0. The van der Waals surface area contributed by atoms with Gasteiger partial charge in [0.25, 0.3) is 0 Å². The lowest BCUT2D eigenvalue weighted by Gasteiger charge is -1.98. The van der Waals surface area contributed by atoms with Crippen LogP contribution in [-0.4, -0.2) is 11.6 Å². The second-order valence-electron chi connectivity index (χ2n) is 1.91. The molecule has 1 aromatic heterocycles. The molecule has 0 saturated heterocycles. The standard InChI is InChI=1S/C8H10NO/c1-2-10-7-8-4-3-5-9-6-8/h3-6H,1-2,7H2. The third-order valence-corrected chi connectivity index (χ3v) is 1.14. The maximum absolute atomic E-state index is 5.07. The number of hydrogen-bond acceptors (Lipinski definition) is 2. The van der Waals surface area contributed by atoms with Gasteiger partial charge in [0, 0.05) is 19.0 Å². The molecule has 0 bridgehead atoms. The van der Waals surface area contributed by atoms with Gasteiger partial charge in [-0.2, -0.15) is 0 Å². The number of aromatic nitrogens is 1. The van der Waals surface area contributed by atoms with Crippen LogP contribution in [-0.2, 0) is 11.3 Å². The molecule has 0 aliphatic rings. The summed E-state index contributed by atoms with van der Waals surface area (Å²) in [6.07, 6.45) is 3.53. The Morgan fingerprint density at radius 1 is 1.60 bits per heavy atom. The van der Waals surface area contributed by atoms with Crippen LogP contribution in [0.5, 0.6) is 0 Å². The summed E-state index contributed by atoms with van der Waals surface area (Å²) >= 11 is 0. The number of nitrogens with zero attached hydrogens (tertiary/aromatic N) is 1. The molecule has 1 rings (SSSR count). The first kappa shape index (κ1) is 7.22. The third-order valence-electron chi connectivity index (χ3n) is 1.14. The van der Waals surface area contributed by atoms with Gasteiger partial charge in [-0.1, -0.05) is 6.07 Å². The molecule has 1 aromatic rings. The Kier molecular flexibility index (Phi) is 2.90. The highest BCUT2D eigenvalue weighted by Crippen LogP contribution is 1.96. The molecule has 0 saturated carbocycles.